The monoisotopic (exact) mass is 508 g/mol. The highest BCUT2D eigenvalue weighted by Crippen LogP contribution is 2.27. The molecule has 0 atom stereocenters. The summed E-state index contributed by atoms with van der Waals surface area (Å²) in [7, 11) is -1.44. The van der Waals surface area contributed by atoms with E-state index in [4.69, 9.17) is 16.3 Å². The molecule has 0 aliphatic carbocycles. The van der Waals surface area contributed by atoms with Crippen LogP contribution in [0.2, 0.25) is 5.02 Å². The lowest BCUT2D eigenvalue weighted by Gasteiger charge is -2.20. The van der Waals surface area contributed by atoms with Gasteiger partial charge in [-0.1, -0.05) is 24.4 Å². The van der Waals surface area contributed by atoms with Crippen molar-refractivity contribution in [1.29, 1.82) is 0 Å². The Labute approximate surface area is 203 Å². The van der Waals surface area contributed by atoms with Crippen molar-refractivity contribution < 1.29 is 32.3 Å². The van der Waals surface area contributed by atoms with Crippen LogP contribution in [0.5, 0.6) is 0 Å². The summed E-state index contributed by atoms with van der Waals surface area (Å²) in [5.41, 5.74) is -0.0320. The number of nitrogens with zero attached hydrogens (tertiary/aromatic N) is 1. The predicted molar refractivity (Wildman–Crippen MR) is 126 cm³/mol. The molecule has 1 heterocycles. The van der Waals surface area contributed by atoms with E-state index in [1.807, 2.05) is 0 Å². The summed E-state index contributed by atoms with van der Waals surface area (Å²) in [6.45, 7) is 0.824. The fourth-order valence-electron chi connectivity index (χ4n) is 3.64. The van der Waals surface area contributed by atoms with Crippen LogP contribution in [0.1, 0.15) is 56.8 Å². The molecule has 2 aromatic rings. The largest absolute Gasteiger partial charge is 0.465 e. The van der Waals surface area contributed by atoms with Gasteiger partial charge < -0.3 is 14.8 Å². The number of carbonyl (C=O) groups excluding carboxylic acids is 3. The van der Waals surface area contributed by atoms with Crippen LogP contribution in [0, 0.1) is 0 Å². The molecule has 1 saturated heterocycles. The topological polar surface area (TPSA) is 119 Å². The van der Waals surface area contributed by atoms with Crippen LogP contribution >= 0.6 is 11.6 Å². The molecule has 0 aromatic heterocycles. The molecule has 1 N–H and O–H groups in total. The molecule has 1 aliphatic heterocycles. The molecule has 182 valence electrons. The maximum Gasteiger partial charge on any atom is 0.339 e. The molecular weight excluding hydrogens is 484 g/mol. The molecule has 11 heteroatoms. The van der Waals surface area contributed by atoms with Gasteiger partial charge >= 0.3 is 11.9 Å². The molecule has 1 aliphatic rings. The van der Waals surface area contributed by atoms with Gasteiger partial charge in [-0.15, -0.1) is 0 Å². The Bertz CT molecular complexity index is 1210. The van der Waals surface area contributed by atoms with Gasteiger partial charge in [0.1, 0.15) is 0 Å². The molecule has 1 fully saturated rings. The van der Waals surface area contributed by atoms with E-state index in [1.165, 1.54) is 54.9 Å². The van der Waals surface area contributed by atoms with Gasteiger partial charge in [-0.2, -0.15) is 4.31 Å². The van der Waals surface area contributed by atoms with Crippen molar-refractivity contribution in [1.82, 2.24) is 4.31 Å². The quantitative estimate of drug-likeness (QED) is 0.590. The zero-order chi connectivity index (χ0) is 24.9. The lowest BCUT2D eigenvalue weighted by atomic mass is 10.1. The van der Waals surface area contributed by atoms with Gasteiger partial charge in [0.15, 0.2) is 0 Å². The van der Waals surface area contributed by atoms with Gasteiger partial charge in [0, 0.05) is 13.1 Å². The number of halogens is 1. The second-order valence-corrected chi connectivity index (χ2v) is 10.0. The number of nitrogens with one attached hydrogen (secondary N) is 1. The summed E-state index contributed by atoms with van der Waals surface area (Å²) in [5.74, 6) is -2.17. The third-order valence-electron chi connectivity index (χ3n) is 5.48. The van der Waals surface area contributed by atoms with Crippen molar-refractivity contribution in [3.8, 4) is 0 Å². The van der Waals surface area contributed by atoms with Crippen molar-refractivity contribution in [2.75, 3.05) is 32.6 Å². The predicted octanol–water partition coefficient (Wildman–Crippen LogP) is 3.73. The summed E-state index contributed by atoms with van der Waals surface area (Å²) < 4.78 is 37.2. The minimum Gasteiger partial charge on any atom is -0.465 e. The van der Waals surface area contributed by atoms with E-state index in [0.29, 0.717) is 13.1 Å². The number of amides is 1. The number of benzene rings is 2. The summed E-state index contributed by atoms with van der Waals surface area (Å²) in [5, 5.41) is 2.55. The van der Waals surface area contributed by atoms with Crippen LogP contribution in [-0.2, 0) is 19.5 Å². The Morgan fingerprint density at radius 1 is 0.882 bits per heavy atom. The van der Waals surface area contributed by atoms with Crippen molar-refractivity contribution in [2.45, 2.75) is 30.6 Å². The van der Waals surface area contributed by atoms with Crippen LogP contribution in [0.4, 0.5) is 5.69 Å². The minimum atomic E-state index is -3.82. The average molecular weight is 509 g/mol. The standard InChI is InChI=1S/C23H25ClN2O7S/c1-32-22(28)15-7-9-17(23(29)33-2)20(13-15)25-21(27)18-14-16(8-10-19(18)24)34(30,31)26-11-5-3-4-6-12-26/h7-10,13-14H,3-6,11-12H2,1-2H3,(H,25,27). The SMILES string of the molecule is COC(=O)c1ccc(C(=O)OC)c(NC(=O)c2cc(S(=O)(=O)N3CCCCCC3)ccc2Cl)c1. The first kappa shape index (κ1) is 25.7. The third kappa shape index (κ3) is 5.57. The van der Waals surface area contributed by atoms with E-state index in [-0.39, 0.29) is 32.3 Å². The van der Waals surface area contributed by atoms with Gasteiger partial charge in [0.05, 0.1) is 46.5 Å². The van der Waals surface area contributed by atoms with Crippen molar-refractivity contribution >= 4 is 45.2 Å². The van der Waals surface area contributed by atoms with E-state index in [9.17, 15) is 22.8 Å². The van der Waals surface area contributed by atoms with Gasteiger partial charge in [-0.05, 0) is 49.2 Å². The maximum atomic E-state index is 13.2. The Morgan fingerprint density at radius 3 is 2.15 bits per heavy atom. The second kappa shape index (κ2) is 11.0. The normalized spacial score (nSPS) is 14.7. The summed E-state index contributed by atoms with van der Waals surface area (Å²) in [6, 6.07) is 7.84. The molecule has 0 radical (unpaired) electrons. The van der Waals surface area contributed by atoms with Gasteiger partial charge in [0.25, 0.3) is 5.91 Å². The van der Waals surface area contributed by atoms with Crippen LogP contribution in [0.3, 0.4) is 0 Å². The van der Waals surface area contributed by atoms with Gasteiger partial charge in [-0.25, -0.2) is 18.0 Å². The first-order valence-electron chi connectivity index (χ1n) is 10.6. The van der Waals surface area contributed by atoms with Crippen LogP contribution in [0.15, 0.2) is 41.3 Å². The maximum absolute atomic E-state index is 13.2. The average Bonchev–Trinajstić information content (AvgIpc) is 3.13. The van der Waals surface area contributed by atoms with Gasteiger partial charge in [-0.3, -0.25) is 4.79 Å². The van der Waals surface area contributed by atoms with E-state index in [2.05, 4.69) is 10.1 Å². The highest BCUT2D eigenvalue weighted by atomic mass is 35.5. The third-order valence-corrected chi connectivity index (χ3v) is 7.70. The smallest absolute Gasteiger partial charge is 0.339 e. The Kier molecular flexibility index (Phi) is 8.29. The molecule has 34 heavy (non-hydrogen) atoms. The molecule has 0 unspecified atom stereocenters. The van der Waals surface area contributed by atoms with Crippen molar-refractivity contribution in [3.05, 3.63) is 58.1 Å². The number of rotatable bonds is 6. The van der Waals surface area contributed by atoms with E-state index in [1.54, 1.807) is 0 Å². The summed E-state index contributed by atoms with van der Waals surface area (Å²) in [6.07, 6.45) is 3.47. The first-order valence-corrected chi connectivity index (χ1v) is 12.4. The number of carbonyl (C=O) groups is 3. The number of hydrogen-bond acceptors (Lipinski definition) is 7. The molecule has 0 spiro atoms. The van der Waals surface area contributed by atoms with E-state index in [0.717, 1.165) is 25.7 Å². The summed E-state index contributed by atoms with van der Waals surface area (Å²) in [4.78, 5) is 37.1. The van der Waals surface area contributed by atoms with E-state index < -0.39 is 27.9 Å². The second-order valence-electron chi connectivity index (χ2n) is 7.66. The Morgan fingerprint density at radius 2 is 1.53 bits per heavy atom. The molecular formula is C23H25ClN2O7S. The lowest BCUT2D eigenvalue weighted by Crippen LogP contribution is -2.32. The van der Waals surface area contributed by atoms with E-state index >= 15 is 0 Å². The number of sulfonamides is 1. The van der Waals surface area contributed by atoms with Crippen molar-refractivity contribution in [2.24, 2.45) is 0 Å². The molecule has 1 amide bonds. The molecule has 3 rings (SSSR count). The minimum absolute atomic E-state index is 0.00651. The fourth-order valence-corrected chi connectivity index (χ4v) is 5.39. The Balaban J connectivity index is 1.96. The summed E-state index contributed by atoms with van der Waals surface area (Å²) >= 11 is 6.22. The number of esters is 2. The fraction of sp³-hybridized carbons (Fsp3) is 0.348. The van der Waals surface area contributed by atoms with Crippen LogP contribution in [0.25, 0.3) is 0 Å². The molecule has 2 aromatic carbocycles. The Hall–Kier alpha value is -2.95. The highest BCUT2D eigenvalue weighted by Gasteiger charge is 2.27. The molecule has 9 nitrogen and oxygen atoms in total. The van der Waals surface area contributed by atoms with Crippen LogP contribution < -0.4 is 5.32 Å². The number of ether oxygens (including phenoxy) is 2. The van der Waals surface area contributed by atoms with Gasteiger partial charge in [0.2, 0.25) is 10.0 Å². The molecule has 0 bridgehead atoms. The van der Waals surface area contributed by atoms with Crippen LogP contribution in [-0.4, -0.2) is 57.9 Å². The highest BCUT2D eigenvalue weighted by molar-refractivity contribution is 7.89. The zero-order valence-electron chi connectivity index (χ0n) is 18.8. The zero-order valence-corrected chi connectivity index (χ0v) is 20.4. The number of anilines is 1. The molecule has 0 saturated carbocycles. The first-order chi connectivity index (χ1) is 16.2. The van der Waals surface area contributed by atoms with Crippen molar-refractivity contribution in [3.63, 3.8) is 0 Å². The lowest BCUT2D eigenvalue weighted by molar-refractivity contribution is 0.0587. The number of hydrogen-bond donors (Lipinski definition) is 1. The number of methoxy groups -OCH3 is 2.